The van der Waals surface area contributed by atoms with Gasteiger partial charge in [0.2, 0.25) is 0 Å². The number of benzene rings is 1. The number of anilines is 2. The Morgan fingerprint density at radius 1 is 1.33 bits per heavy atom. The molecule has 0 aromatic heterocycles. The van der Waals surface area contributed by atoms with Crippen LogP contribution < -0.4 is 16.0 Å². The van der Waals surface area contributed by atoms with Crippen molar-refractivity contribution >= 4 is 11.4 Å². The first kappa shape index (κ1) is 10.6. The molecule has 1 aromatic rings. The lowest BCUT2D eigenvalue weighted by Crippen LogP contribution is -2.36. The molecule has 4 heteroatoms. The van der Waals surface area contributed by atoms with E-state index in [1.807, 2.05) is 0 Å². The van der Waals surface area contributed by atoms with Crippen molar-refractivity contribution < 1.29 is 4.74 Å². The lowest BCUT2D eigenvalue weighted by atomic mass is 9.97. The van der Waals surface area contributed by atoms with E-state index < -0.39 is 0 Å². The molecule has 4 rings (SSSR count). The zero-order valence-corrected chi connectivity index (χ0v) is 10.5. The van der Waals surface area contributed by atoms with Crippen molar-refractivity contribution in [3.63, 3.8) is 0 Å². The Morgan fingerprint density at radius 3 is 2.83 bits per heavy atom. The zero-order chi connectivity index (χ0) is 12.2. The molecule has 2 unspecified atom stereocenters. The summed E-state index contributed by atoms with van der Waals surface area (Å²) in [6.07, 6.45) is 1.13. The first-order chi connectivity index (χ1) is 8.79. The van der Waals surface area contributed by atoms with Gasteiger partial charge in [-0.3, -0.25) is 0 Å². The van der Waals surface area contributed by atoms with E-state index in [4.69, 9.17) is 10.5 Å². The Morgan fingerprint density at radius 2 is 2.11 bits per heavy atom. The standard InChI is InChI=1S/C14H19N3O/c15-13-8-14(13)9-16-12-7-10(1-2-11(12)14)17-3-5-18-6-4-17/h1-2,7,13,16H,3-6,8-9,15H2. The Balaban J connectivity index is 1.65. The highest BCUT2D eigenvalue weighted by Gasteiger charge is 2.56. The molecule has 1 aromatic carbocycles. The number of ether oxygens (including phenoxy) is 1. The molecule has 0 amide bonds. The van der Waals surface area contributed by atoms with Gasteiger partial charge in [0.05, 0.1) is 13.2 Å². The summed E-state index contributed by atoms with van der Waals surface area (Å²) >= 11 is 0. The fourth-order valence-electron chi connectivity index (χ4n) is 3.33. The molecule has 18 heavy (non-hydrogen) atoms. The smallest absolute Gasteiger partial charge is 0.0642 e. The van der Waals surface area contributed by atoms with Crippen molar-refractivity contribution in [1.82, 2.24) is 0 Å². The van der Waals surface area contributed by atoms with Crippen molar-refractivity contribution in [2.45, 2.75) is 17.9 Å². The molecule has 96 valence electrons. The fourth-order valence-corrected chi connectivity index (χ4v) is 3.33. The summed E-state index contributed by atoms with van der Waals surface area (Å²) in [6, 6.07) is 7.14. The van der Waals surface area contributed by atoms with E-state index in [1.165, 1.54) is 16.9 Å². The third-order valence-electron chi connectivity index (χ3n) is 4.64. The number of fused-ring (bicyclic) bond motifs is 2. The highest BCUT2D eigenvalue weighted by Crippen LogP contribution is 2.53. The minimum absolute atomic E-state index is 0.249. The van der Waals surface area contributed by atoms with Gasteiger partial charge in [0, 0.05) is 42.5 Å². The van der Waals surface area contributed by atoms with Gasteiger partial charge in [-0.25, -0.2) is 0 Å². The maximum Gasteiger partial charge on any atom is 0.0642 e. The van der Waals surface area contributed by atoms with E-state index in [0.29, 0.717) is 6.04 Å². The molecule has 3 aliphatic rings. The van der Waals surface area contributed by atoms with E-state index in [1.54, 1.807) is 0 Å². The highest BCUT2D eigenvalue weighted by molar-refractivity contribution is 5.70. The Bertz CT molecular complexity index is 484. The predicted octanol–water partition coefficient (Wildman–Crippen LogP) is 0.917. The molecule has 1 aliphatic carbocycles. The van der Waals surface area contributed by atoms with Gasteiger partial charge in [-0.05, 0) is 24.1 Å². The molecule has 2 aliphatic heterocycles. The number of nitrogens with two attached hydrogens (primary N) is 1. The lowest BCUT2D eigenvalue weighted by Gasteiger charge is -2.29. The van der Waals surface area contributed by atoms with Gasteiger partial charge in [-0.2, -0.15) is 0 Å². The molecule has 2 heterocycles. The van der Waals surface area contributed by atoms with Crippen LogP contribution in [-0.4, -0.2) is 38.9 Å². The number of nitrogens with zero attached hydrogens (tertiary/aromatic N) is 1. The largest absolute Gasteiger partial charge is 0.384 e. The van der Waals surface area contributed by atoms with Crippen LogP contribution in [0.5, 0.6) is 0 Å². The number of nitrogens with one attached hydrogen (secondary N) is 1. The molecule has 2 fully saturated rings. The molecule has 2 atom stereocenters. The average Bonchev–Trinajstić information content (AvgIpc) is 2.93. The highest BCUT2D eigenvalue weighted by atomic mass is 16.5. The SMILES string of the molecule is NC1CC12CNc1cc(N3CCOCC3)ccc12. The molecule has 1 saturated heterocycles. The van der Waals surface area contributed by atoms with E-state index in [0.717, 1.165) is 39.3 Å². The molecule has 3 N–H and O–H groups in total. The van der Waals surface area contributed by atoms with Crippen LogP contribution in [0.1, 0.15) is 12.0 Å². The van der Waals surface area contributed by atoms with E-state index in [-0.39, 0.29) is 5.41 Å². The average molecular weight is 245 g/mol. The van der Waals surface area contributed by atoms with Crippen LogP contribution in [0.3, 0.4) is 0 Å². The Labute approximate surface area is 107 Å². The number of rotatable bonds is 1. The molecule has 0 radical (unpaired) electrons. The molecule has 4 nitrogen and oxygen atoms in total. The van der Waals surface area contributed by atoms with Crippen LogP contribution in [-0.2, 0) is 10.2 Å². The van der Waals surface area contributed by atoms with Crippen molar-refractivity contribution in [2.75, 3.05) is 43.1 Å². The quantitative estimate of drug-likeness (QED) is 0.772. The van der Waals surface area contributed by atoms with Crippen LogP contribution in [0.4, 0.5) is 11.4 Å². The van der Waals surface area contributed by atoms with Crippen LogP contribution in [0.2, 0.25) is 0 Å². The number of hydrogen-bond donors (Lipinski definition) is 2. The molecule has 0 bridgehead atoms. The first-order valence-corrected chi connectivity index (χ1v) is 6.76. The maximum absolute atomic E-state index is 6.09. The second-order valence-corrected chi connectivity index (χ2v) is 5.65. The van der Waals surface area contributed by atoms with Crippen molar-refractivity contribution in [1.29, 1.82) is 0 Å². The summed E-state index contributed by atoms with van der Waals surface area (Å²) in [5.74, 6) is 0. The van der Waals surface area contributed by atoms with Gasteiger partial charge in [0.15, 0.2) is 0 Å². The second kappa shape index (κ2) is 3.62. The third-order valence-corrected chi connectivity index (χ3v) is 4.64. The molecular weight excluding hydrogens is 226 g/mol. The van der Waals surface area contributed by atoms with Gasteiger partial charge in [-0.15, -0.1) is 0 Å². The van der Waals surface area contributed by atoms with Gasteiger partial charge >= 0.3 is 0 Å². The van der Waals surface area contributed by atoms with E-state index >= 15 is 0 Å². The van der Waals surface area contributed by atoms with Gasteiger partial charge in [-0.1, -0.05) is 6.07 Å². The minimum Gasteiger partial charge on any atom is -0.384 e. The monoisotopic (exact) mass is 245 g/mol. The molecular formula is C14H19N3O. The second-order valence-electron chi connectivity index (χ2n) is 5.65. The maximum atomic E-state index is 6.09. The zero-order valence-electron chi connectivity index (χ0n) is 10.5. The Hall–Kier alpha value is -1.26. The van der Waals surface area contributed by atoms with Gasteiger partial charge < -0.3 is 20.7 Å². The summed E-state index contributed by atoms with van der Waals surface area (Å²) in [7, 11) is 0. The summed E-state index contributed by atoms with van der Waals surface area (Å²) in [5.41, 5.74) is 10.3. The van der Waals surface area contributed by atoms with Crippen LogP contribution in [0, 0.1) is 0 Å². The van der Waals surface area contributed by atoms with Crippen LogP contribution >= 0.6 is 0 Å². The minimum atomic E-state index is 0.249. The van der Waals surface area contributed by atoms with Crippen molar-refractivity contribution in [2.24, 2.45) is 5.73 Å². The van der Waals surface area contributed by atoms with E-state index in [2.05, 4.69) is 28.4 Å². The van der Waals surface area contributed by atoms with Crippen LogP contribution in [0.15, 0.2) is 18.2 Å². The topological polar surface area (TPSA) is 50.5 Å². The summed E-state index contributed by atoms with van der Waals surface area (Å²) in [4.78, 5) is 2.39. The summed E-state index contributed by atoms with van der Waals surface area (Å²) in [5, 5.41) is 3.52. The fraction of sp³-hybridized carbons (Fsp3) is 0.571. The molecule has 1 spiro atoms. The van der Waals surface area contributed by atoms with Crippen LogP contribution in [0.25, 0.3) is 0 Å². The molecule has 1 saturated carbocycles. The lowest BCUT2D eigenvalue weighted by molar-refractivity contribution is 0.122. The van der Waals surface area contributed by atoms with E-state index in [9.17, 15) is 0 Å². The summed E-state index contributed by atoms with van der Waals surface area (Å²) in [6.45, 7) is 4.65. The van der Waals surface area contributed by atoms with Gasteiger partial charge in [0.25, 0.3) is 0 Å². The number of morpholine rings is 1. The first-order valence-electron chi connectivity index (χ1n) is 6.76. The third kappa shape index (κ3) is 1.39. The Kier molecular flexibility index (Phi) is 2.14. The normalized spacial score (nSPS) is 33.4. The van der Waals surface area contributed by atoms with Crippen molar-refractivity contribution in [3.05, 3.63) is 23.8 Å². The predicted molar refractivity (Wildman–Crippen MR) is 72.2 cm³/mol. The van der Waals surface area contributed by atoms with Gasteiger partial charge in [0.1, 0.15) is 0 Å². The van der Waals surface area contributed by atoms with Crippen molar-refractivity contribution in [3.8, 4) is 0 Å². The summed E-state index contributed by atoms with van der Waals surface area (Å²) < 4.78 is 5.40. The number of hydrogen-bond acceptors (Lipinski definition) is 4.